The Morgan fingerprint density at radius 3 is 2.50 bits per heavy atom. The molecule has 1 N–H and O–H groups in total. The van der Waals surface area contributed by atoms with Gasteiger partial charge in [0, 0.05) is 13.1 Å². The fourth-order valence-electron chi connectivity index (χ4n) is 1.39. The number of hydrogen-bond donors (Lipinski definition) is 1. The Kier molecular flexibility index (Phi) is 3.37. The lowest BCUT2D eigenvalue weighted by Crippen LogP contribution is -2.59. The van der Waals surface area contributed by atoms with Crippen molar-refractivity contribution in [3.63, 3.8) is 0 Å². The van der Waals surface area contributed by atoms with E-state index in [4.69, 9.17) is 4.74 Å². The Morgan fingerprint density at radius 2 is 2.07 bits per heavy atom. The summed E-state index contributed by atoms with van der Waals surface area (Å²) in [5.74, 6) is 0. The third-order valence-electron chi connectivity index (χ3n) is 2.13. The molecule has 0 aromatic heterocycles. The normalized spacial score (nSPS) is 18.9. The fraction of sp³-hybridized carbons (Fsp3) is 0.900. The minimum absolute atomic E-state index is 0.268. The Balaban J connectivity index is 2.17. The first-order chi connectivity index (χ1) is 6.40. The van der Waals surface area contributed by atoms with Crippen LogP contribution in [0.4, 0.5) is 4.79 Å². The van der Waals surface area contributed by atoms with E-state index in [1.54, 1.807) is 0 Å². The number of carbonyl (C=O) groups is 1. The van der Waals surface area contributed by atoms with Gasteiger partial charge in [-0.05, 0) is 27.3 Å². The van der Waals surface area contributed by atoms with Gasteiger partial charge in [-0.3, -0.25) is 4.90 Å². The molecule has 1 amide bonds. The number of alkyl carbamates (subject to hydrolysis) is 1. The van der Waals surface area contributed by atoms with Crippen LogP contribution in [0.15, 0.2) is 0 Å². The van der Waals surface area contributed by atoms with Crippen LogP contribution in [-0.2, 0) is 4.74 Å². The number of likely N-dealkylation sites (N-methyl/N-ethyl adjacent to an activating group) is 1. The molecule has 0 atom stereocenters. The fourth-order valence-corrected chi connectivity index (χ4v) is 1.39. The molecule has 0 saturated carbocycles. The van der Waals surface area contributed by atoms with E-state index >= 15 is 0 Å². The van der Waals surface area contributed by atoms with Crippen molar-refractivity contribution in [3.05, 3.63) is 0 Å². The van der Waals surface area contributed by atoms with Gasteiger partial charge in [-0.15, -0.1) is 0 Å². The van der Waals surface area contributed by atoms with Crippen LogP contribution in [0.5, 0.6) is 0 Å². The summed E-state index contributed by atoms with van der Waals surface area (Å²) in [5.41, 5.74) is -0.404. The van der Waals surface area contributed by atoms with E-state index in [-0.39, 0.29) is 12.1 Å². The molecular formula is C10H20N2O2. The van der Waals surface area contributed by atoms with Crippen molar-refractivity contribution in [1.82, 2.24) is 10.2 Å². The molecule has 0 aliphatic carbocycles. The van der Waals surface area contributed by atoms with E-state index in [2.05, 4.69) is 17.1 Å². The predicted molar refractivity (Wildman–Crippen MR) is 55.3 cm³/mol. The summed E-state index contributed by atoms with van der Waals surface area (Å²) in [7, 11) is 0. The maximum Gasteiger partial charge on any atom is 0.407 e. The van der Waals surface area contributed by atoms with Gasteiger partial charge in [0.15, 0.2) is 0 Å². The highest BCUT2D eigenvalue weighted by Crippen LogP contribution is 2.10. The van der Waals surface area contributed by atoms with E-state index in [0.717, 1.165) is 19.6 Å². The molecular weight excluding hydrogens is 180 g/mol. The summed E-state index contributed by atoms with van der Waals surface area (Å²) in [5, 5.41) is 2.83. The van der Waals surface area contributed by atoms with Crippen LogP contribution in [0.25, 0.3) is 0 Å². The van der Waals surface area contributed by atoms with Gasteiger partial charge in [-0.1, -0.05) is 6.92 Å². The third-order valence-corrected chi connectivity index (χ3v) is 2.13. The van der Waals surface area contributed by atoms with Gasteiger partial charge in [-0.25, -0.2) is 4.79 Å². The molecule has 0 aromatic carbocycles. The Bertz CT molecular complexity index is 205. The summed E-state index contributed by atoms with van der Waals surface area (Å²) in [6.07, 6.45) is -0.307. The molecule has 0 aromatic rings. The van der Waals surface area contributed by atoms with Crippen molar-refractivity contribution in [2.75, 3.05) is 19.6 Å². The van der Waals surface area contributed by atoms with Crippen LogP contribution in [0.2, 0.25) is 0 Å². The van der Waals surface area contributed by atoms with Gasteiger partial charge in [-0.2, -0.15) is 0 Å². The SMILES string of the molecule is CCN1CC(NC(=O)OC(C)(C)C)C1. The molecule has 4 nitrogen and oxygen atoms in total. The first-order valence-corrected chi connectivity index (χ1v) is 5.12. The molecule has 1 fully saturated rings. The van der Waals surface area contributed by atoms with Crippen molar-refractivity contribution >= 4 is 6.09 Å². The highest BCUT2D eigenvalue weighted by molar-refractivity contribution is 5.68. The van der Waals surface area contributed by atoms with Crippen LogP contribution < -0.4 is 5.32 Å². The van der Waals surface area contributed by atoms with Gasteiger partial charge in [0.05, 0.1) is 6.04 Å². The Hall–Kier alpha value is -0.770. The highest BCUT2D eigenvalue weighted by atomic mass is 16.6. The first-order valence-electron chi connectivity index (χ1n) is 5.12. The minimum Gasteiger partial charge on any atom is -0.444 e. The largest absolute Gasteiger partial charge is 0.444 e. The second-order valence-corrected chi connectivity index (χ2v) is 4.70. The van der Waals surface area contributed by atoms with Gasteiger partial charge in [0.1, 0.15) is 5.60 Å². The topological polar surface area (TPSA) is 41.6 Å². The van der Waals surface area contributed by atoms with Crippen molar-refractivity contribution < 1.29 is 9.53 Å². The standard InChI is InChI=1S/C10H20N2O2/c1-5-12-6-8(7-12)11-9(13)14-10(2,3)4/h8H,5-7H2,1-4H3,(H,11,13). The number of carbonyl (C=O) groups excluding carboxylic acids is 1. The molecule has 1 aliphatic heterocycles. The van der Waals surface area contributed by atoms with Gasteiger partial charge >= 0.3 is 6.09 Å². The molecule has 0 bridgehead atoms. The quantitative estimate of drug-likeness (QED) is 0.728. The Morgan fingerprint density at radius 1 is 1.50 bits per heavy atom. The van der Waals surface area contributed by atoms with Gasteiger partial charge < -0.3 is 10.1 Å². The summed E-state index contributed by atoms with van der Waals surface area (Å²) < 4.78 is 5.14. The zero-order chi connectivity index (χ0) is 10.8. The lowest BCUT2D eigenvalue weighted by Gasteiger charge is -2.38. The zero-order valence-corrected chi connectivity index (χ0v) is 9.46. The number of ether oxygens (including phenoxy) is 1. The number of nitrogens with one attached hydrogen (secondary N) is 1. The van der Waals surface area contributed by atoms with E-state index in [1.807, 2.05) is 20.8 Å². The van der Waals surface area contributed by atoms with Gasteiger partial charge in [0.2, 0.25) is 0 Å². The maximum absolute atomic E-state index is 11.3. The smallest absolute Gasteiger partial charge is 0.407 e. The number of rotatable bonds is 2. The van der Waals surface area contributed by atoms with Crippen LogP contribution >= 0.6 is 0 Å². The molecule has 4 heteroatoms. The second kappa shape index (κ2) is 4.17. The van der Waals surface area contributed by atoms with Crippen molar-refractivity contribution in [1.29, 1.82) is 0 Å². The van der Waals surface area contributed by atoms with Gasteiger partial charge in [0.25, 0.3) is 0 Å². The van der Waals surface area contributed by atoms with E-state index < -0.39 is 5.60 Å². The summed E-state index contributed by atoms with van der Waals surface area (Å²) in [6.45, 7) is 10.6. The lowest BCUT2D eigenvalue weighted by atomic mass is 10.1. The predicted octanol–water partition coefficient (Wildman–Crippen LogP) is 1.22. The summed E-state index contributed by atoms with van der Waals surface area (Å²) in [6, 6.07) is 0.268. The van der Waals surface area contributed by atoms with Crippen LogP contribution in [0, 0.1) is 0 Å². The average Bonchev–Trinajstić information content (AvgIpc) is 1.91. The molecule has 1 aliphatic rings. The Labute approximate surface area is 85.6 Å². The average molecular weight is 200 g/mol. The zero-order valence-electron chi connectivity index (χ0n) is 9.46. The highest BCUT2D eigenvalue weighted by Gasteiger charge is 2.28. The van der Waals surface area contributed by atoms with Crippen molar-refractivity contribution in [3.8, 4) is 0 Å². The van der Waals surface area contributed by atoms with E-state index in [0.29, 0.717) is 0 Å². The molecule has 14 heavy (non-hydrogen) atoms. The summed E-state index contributed by atoms with van der Waals surface area (Å²) in [4.78, 5) is 13.6. The number of hydrogen-bond acceptors (Lipinski definition) is 3. The molecule has 0 unspecified atom stereocenters. The maximum atomic E-state index is 11.3. The molecule has 1 heterocycles. The monoisotopic (exact) mass is 200 g/mol. The van der Waals surface area contributed by atoms with Crippen LogP contribution in [-0.4, -0.2) is 42.3 Å². The van der Waals surface area contributed by atoms with Crippen molar-refractivity contribution in [2.24, 2.45) is 0 Å². The lowest BCUT2D eigenvalue weighted by molar-refractivity contribution is 0.0408. The van der Waals surface area contributed by atoms with E-state index in [9.17, 15) is 4.79 Å². The minimum atomic E-state index is -0.404. The third kappa shape index (κ3) is 3.54. The number of likely N-dealkylation sites (tertiary alicyclic amines) is 1. The molecule has 1 saturated heterocycles. The van der Waals surface area contributed by atoms with Crippen molar-refractivity contribution in [2.45, 2.75) is 39.3 Å². The summed E-state index contributed by atoms with van der Waals surface area (Å²) >= 11 is 0. The number of amides is 1. The van der Waals surface area contributed by atoms with E-state index in [1.165, 1.54) is 0 Å². The molecule has 0 radical (unpaired) electrons. The molecule has 82 valence electrons. The van der Waals surface area contributed by atoms with Crippen LogP contribution in [0.1, 0.15) is 27.7 Å². The number of nitrogens with zero attached hydrogens (tertiary/aromatic N) is 1. The molecule has 1 rings (SSSR count). The van der Waals surface area contributed by atoms with Crippen LogP contribution in [0.3, 0.4) is 0 Å². The molecule has 0 spiro atoms. The second-order valence-electron chi connectivity index (χ2n) is 4.70. The first kappa shape index (κ1) is 11.3.